The number of nitro benzene ring substituents is 1. The summed E-state index contributed by atoms with van der Waals surface area (Å²) in [4.78, 5) is 22.1. The molecule has 1 atom stereocenters. The van der Waals surface area contributed by atoms with E-state index in [2.05, 4.69) is 4.72 Å². The van der Waals surface area contributed by atoms with E-state index in [1.165, 1.54) is 62.6 Å². The fourth-order valence-electron chi connectivity index (χ4n) is 2.10. The number of sulfonamides is 1. The quantitative estimate of drug-likeness (QED) is 0.412. The lowest BCUT2D eigenvalue weighted by atomic mass is 10.2. The Morgan fingerprint density at radius 1 is 1.15 bits per heavy atom. The van der Waals surface area contributed by atoms with Gasteiger partial charge in [-0.15, -0.1) is 0 Å². The number of methoxy groups -OCH3 is 1. The largest absolute Gasteiger partial charge is 0.497 e. The maximum absolute atomic E-state index is 12.3. The molecule has 0 aromatic heterocycles. The zero-order valence-corrected chi connectivity index (χ0v) is 15.4. The molecular weight excluding hydrogens is 376 g/mol. The third-order valence-corrected chi connectivity index (χ3v) is 5.14. The maximum Gasteiger partial charge on any atom is 0.324 e. The van der Waals surface area contributed by atoms with Gasteiger partial charge in [-0.3, -0.25) is 14.9 Å². The van der Waals surface area contributed by atoms with E-state index < -0.39 is 27.0 Å². The van der Waals surface area contributed by atoms with Crippen molar-refractivity contribution in [1.82, 2.24) is 4.72 Å². The van der Waals surface area contributed by atoms with E-state index in [1.54, 1.807) is 0 Å². The zero-order chi connectivity index (χ0) is 20.0. The molecule has 144 valence electrons. The number of ether oxygens (including phenoxy) is 2. The van der Waals surface area contributed by atoms with Crippen LogP contribution in [0.3, 0.4) is 0 Å². The van der Waals surface area contributed by atoms with Crippen molar-refractivity contribution in [2.24, 2.45) is 0 Å². The van der Waals surface area contributed by atoms with E-state index in [0.717, 1.165) is 0 Å². The smallest absolute Gasteiger partial charge is 0.324 e. The Morgan fingerprint density at radius 3 is 2.26 bits per heavy atom. The summed E-state index contributed by atoms with van der Waals surface area (Å²) in [6, 6.07) is 10.1. The fraction of sp³-hybridized carbons (Fsp3) is 0.235. The summed E-state index contributed by atoms with van der Waals surface area (Å²) >= 11 is 0. The summed E-state index contributed by atoms with van der Waals surface area (Å²) < 4.78 is 36.9. The molecule has 0 saturated carbocycles. The van der Waals surface area contributed by atoms with E-state index in [0.29, 0.717) is 11.3 Å². The number of non-ortho nitro benzene ring substituents is 1. The van der Waals surface area contributed by atoms with Gasteiger partial charge < -0.3 is 9.47 Å². The number of carbonyl (C=O) groups excluding carboxylic acids is 1. The van der Waals surface area contributed by atoms with Gasteiger partial charge >= 0.3 is 5.97 Å². The molecule has 1 N–H and O–H groups in total. The number of nitrogens with zero attached hydrogens (tertiary/aromatic N) is 1. The van der Waals surface area contributed by atoms with Crippen molar-refractivity contribution < 1.29 is 27.6 Å². The molecule has 0 amide bonds. The van der Waals surface area contributed by atoms with Crippen LogP contribution in [0.1, 0.15) is 12.5 Å². The minimum Gasteiger partial charge on any atom is -0.497 e. The Bertz CT molecular complexity index is 909. The van der Waals surface area contributed by atoms with Gasteiger partial charge in [0.05, 0.1) is 16.9 Å². The second kappa shape index (κ2) is 8.60. The number of hydrogen-bond acceptors (Lipinski definition) is 7. The number of benzene rings is 2. The number of nitro groups is 1. The van der Waals surface area contributed by atoms with Crippen LogP contribution in [0.5, 0.6) is 5.75 Å². The van der Waals surface area contributed by atoms with Crippen LogP contribution in [-0.4, -0.2) is 32.5 Å². The minimum atomic E-state index is -3.91. The van der Waals surface area contributed by atoms with E-state index >= 15 is 0 Å². The monoisotopic (exact) mass is 394 g/mol. The van der Waals surface area contributed by atoms with E-state index in [9.17, 15) is 23.3 Å². The highest BCUT2D eigenvalue weighted by Gasteiger charge is 2.23. The molecule has 0 aliphatic heterocycles. The normalized spacial score (nSPS) is 12.2. The van der Waals surface area contributed by atoms with Crippen LogP contribution in [0, 0.1) is 10.1 Å². The van der Waals surface area contributed by atoms with Crippen molar-refractivity contribution in [3.8, 4) is 5.75 Å². The van der Waals surface area contributed by atoms with Crippen LogP contribution in [0.15, 0.2) is 53.4 Å². The first-order valence-electron chi connectivity index (χ1n) is 7.79. The van der Waals surface area contributed by atoms with Gasteiger partial charge in [-0.25, -0.2) is 8.42 Å². The Kier molecular flexibility index (Phi) is 6.48. The summed E-state index contributed by atoms with van der Waals surface area (Å²) in [5.41, 5.74) is 0.463. The van der Waals surface area contributed by atoms with Crippen LogP contribution >= 0.6 is 0 Å². The van der Waals surface area contributed by atoms with Gasteiger partial charge in [0.1, 0.15) is 18.4 Å². The van der Waals surface area contributed by atoms with Crippen molar-refractivity contribution in [1.29, 1.82) is 0 Å². The summed E-state index contributed by atoms with van der Waals surface area (Å²) in [5, 5.41) is 10.6. The Balaban J connectivity index is 1.94. The number of nitrogens with one attached hydrogen (secondary N) is 1. The molecule has 9 nitrogen and oxygen atoms in total. The van der Waals surface area contributed by atoms with Gasteiger partial charge in [-0.1, -0.05) is 0 Å². The first-order valence-corrected chi connectivity index (χ1v) is 9.27. The topological polar surface area (TPSA) is 125 Å². The van der Waals surface area contributed by atoms with Crippen molar-refractivity contribution in [3.63, 3.8) is 0 Å². The molecule has 0 aliphatic rings. The molecule has 0 aliphatic carbocycles. The van der Waals surface area contributed by atoms with E-state index in [-0.39, 0.29) is 17.2 Å². The Labute approximate surface area is 156 Å². The average Bonchev–Trinajstić information content (AvgIpc) is 2.66. The highest BCUT2D eigenvalue weighted by Crippen LogP contribution is 2.16. The number of esters is 1. The van der Waals surface area contributed by atoms with E-state index in [4.69, 9.17) is 9.47 Å². The maximum atomic E-state index is 12.3. The Hall–Kier alpha value is -2.98. The number of rotatable bonds is 8. The molecule has 10 heteroatoms. The first-order chi connectivity index (χ1) is 12.7. The van der Waals surface area contributed by atoms with Gasteiger partial charge in [0.25, 0.3) is 5.69 Å². The number of hydrogen-bond donors (Lipinski definition) is 1. The van der Waals surface area contributed by atoms with Crippen LogP contribution < -0.4 is 9.46 Å². The van der Waals surface area contributed by atoms with Crippen LogP contribution in [0.2, 0.25) is 0 Å². The van der Waals surface area contributed by atoms with Crippen molar-refractivity contribution in [2.45, 2.75) is 24.5 Å². The summed E-state index contributed by atoms with van der Waals surface area (Å²) in [7, 11) is -2.45. The van der Waals surface area contributed by atoms with Gasteiger partial charge in [0.2, 0.25) is 10.0 Å². The van der Waals surface area contributed by atoms with Crippen LogP contribution in [0.4, 0.5) is 5.69 Å². The molecule has 0 heterocycles. The molecule has 0 unspecified atom stereocenters. The summed E-state index contributed by atoms with van der Waals surface area (Å²) in [6.45, 7) is 1.23. The SMILES string of the molecule is COc1ccc(S(=O)(=O)N[C@@H](C)C(=O)OCc2ccc([N+](=O)[O-])cc2)cc1. The second-order valence-electron chi connectivity index (χ2n) is 5.55. The molecule has 2 rings (SSSR count). The highest BCUT2D eigenvalue weighted by atomic mass is 32.2. The molecule has 0 bridgehead atoms. The lowest BCUT2D eigenvalue weighted by Crippen LogP contribution is -2.39. The second-order valence-corrected chi connectivity index (χ2v) is 7.26. The first kappa shape index (κ1) is 20.3. The lowest BCUT2D eigenvalue weighted by molar-refractivity contribution is -0.384. The van der Waals surface area contributed by atoms with Gasteiger partial charge in [0, 0.05) is 12.1 Å². The zero-order valence-electron chi connectivity index (χ0n) is 14.6. The predicted molar refractivity (Wildman–Crippen MR) is 95.7 cm³/mol. The van der Waals surface area contributed by atoms with Crippen molar-refractivity contribution in [2.75, 3.05) is 7.11 Å². The molecule has 0 radical (unpaired) electrons. The van der Waals surface area contributed by atoms with Crippen molar-refractivity contribution >= 4 is 21.7 Å². The van der Waals surface area contributed by atoms with Crippen LogP contribution in [-0.2, 0) is 26.2 Å². The minimum absolute atomic E-state index is 0.0154. The molecule has 27 heavy (non-hydrogen) atoms. The molecule has 2 aromatic rings. The molecule has 0 saturated heterocycles. The fourth-order valence-corrected chi connectivity index (χ4v) is 3.29. The lowest BCUT2D eigenvalue weighted by Gasteiger charge is -2.14. The van der Waals surface area contributed by atoms with Gasteiger partial charge in [-0.2, -0.15) is 4.72 Å². The molecule has 2 aromatic carbocycles. The third kappa shape index (κ3) is 5.50. The Morgan fingerprint density at radius 2 is 1.74 bits per heavy atom. The average molecular weight is 394 g/mol. The van der Waals surface area contributed by atoms with E-state index in [1.807, 2.05) is 0 Å². The van der Waals surface area contributed by atoms with Crippen molar-refractivity contribution in [3.05, 3.63) is 64.2 Å². The third-order valence-electron chi connectivity index (χ3n) is 3.58. The molecule has 0 fully saturated rings. The van der Waals surface area contributed by atoms with Gasteiger partial charge in [-0.05, 0) is 48.9 Å². The summed E-state index contributed by atoms with van der Waals surface area (Å²) in [6.07, 6.45) is 0. The van der Waals surface area contributed by atoms with Gasteiger partial charge in [0.15, 0.2) is 0 Å². The predicted octanol–water partition coefficient (Wildman–Crippen LogP) is 2.01. The van der Waals surface area contributed by atoms with Crippen LogP contribution in [0.25, 0.3) is 0 Å². The highest BCUT2D eigenvalue weighted by molar-refractivity contribution is 7.89. The number of carbonyl (C=O) groups is 1. The standard InChI is InChI=1S/C17H18N2O7S/c1-12(18-27(23,24)16-9-7-15(25-2)8-10-16)17(20)26-11-13-3-5-14(6-4-13)19(21)22/h3-10,12,18H,11H2,1-2H3/t12-/m0/s1. The summed E-state index contributed by atoms with van der Waals surface area (Å²) in [5.74, 6) is -0.269. The molecule has 0 spiro atoms. The molecular formula is C17H18N2O7S.